The lowest BCUT2D eigenvalue weighted by Gasteiger charge is -2.07. The summed E-state index contributed by atoms with van der Waals surface area (Å²) in [5.74, 6) is 0. The molecule has 78 valence electrons. The summed E-state index contributed by atoms with van der Waals surface area (Å²) in [5.41, 5.74) is 0.614. The highest BCUT2D eigenvalue weighted by Gasteiger charge is 1.99. The van der Waals surface area contributed by atoms with Crippen molar-refractivity contribution in [3.05, 3.63) is 26.9 Å². The van der Waals surface area contributed by atoms with Crippen molar-refractivity contribution in [1.82, 2.24) is 9.55 Å². The highest BCUT2D eigenvalue weighted by atomic mass is 32.1. The average molecular weight is 214 g/mol. The molecule has 0 radical (unpaired) electrons. The van der Waals surface area contributed by atoms with Crippen LogP contribution in [0.15, 0.2) is 11.0 Å². The Morgan fingerprint density at radius 2 is 2.29 bits per heavy atom. The molecule has 0 aliphatic heterocycles. The summed E-state index contributed by atoms with van der Waals surface area (Å²) in [6.07, 6.45) is 2.44. The second-order valence-corrected chi connectivity index (χ2v) is 3.25. The zero-order valence-corrected chi connectivity index (χ0v) is 9.19. The molecule has 0 fully saturated rings. The summed E-state index contributed by atoms with van der Waals surface area (Å²) >= 11 is 4.99. The van der Waals surface area contributed by atoms with Gasteiger partial charge in [0.15, 0.2) is 4.77 Å². The van der Waals surface area contributed by atoms with Crippen LogP contribution in [0.4, 0.5) is 0 Å². The average Bonchev–Trinajstić information content (AvgIpc) is 2.17. The first-order valence-corrected chi connectivity index (χ1v) is 5.00. The Kier molecular flexibility index (Phi) is 4.03. The summed E-state index contributed by atoms with van der Waals surface area (Å²) in [5, 5.41) is 0. The summed E-state index contributed by atoms with van der Waals surface area (Å²) in [6, 6.07) is 0. The molecule has 1 N–H and O–H groups in total. The number of rotatable bonds is 4. The number of nitrogens with zero attached hydrogens (tertiary/aromatic N) is 1. The van der Waals surface area contributed by atoms with Crippen LogP contribution >= 0.6 is 12.2 Å². The maximum atomic E-state index is 11.3. The molecule has 0 aliphatic rings. The molecule has 0 saturated carbocycles. The van der Waals surface area contributed by atoms with Gasteiger partial charge in [-0.25, -0.2) is 0 Å². The molecule has 0 bridgehead atoms. The molecule has 1 rings (SSSR count). The first-order chi connectivity index (χ1) is 6.69. The van der Waals surface area contributed by atoms with Gasteiger partial charge >= 0.3 is 0 Å². The smallest absolute Gasteiger partial charge is 0.254 e. The maximum absolute atomic E-state index is 11.3. The molecule has 1 aromatic heterocycles. The highest BCUT2D eigenvalue weighted by Crippen LogP contribution is 1.95. The zero-order chi connectivity index (χ0) is 10.6. The van der Waals surface area contributed by atoms with Gasteiger partial charge in [-0.3, -0.25) is 9.78 Å². The Morgan fingerprint density at radius 3 is 2.86 bits per heavy atom. The Hall–Kier alpha value is -0.940. The first kappa shape index (κ1) is 11.1. The third kappa shape index (κ3) is 2.52. The van der Waals surface area contributed by atoms with Gasteiger partial charge in [-0.2, -0.15) is 0 Å². The van der Waals surface area contributed by atoms with E-state index in [9.17, 15) is 4.79 Å². The monoisotopic (exact) mass is 214 g/mol. The van der Waals surface area contributed by atoms with Crippen molar-refractivity contribution < 1.29 is 4.74 Å². The van der Waals surface area contributed by atoms with Gasteiger partial charge in [0.2, 0.25) is 0 Å². The molecule has 4 nitrogen and oxygen atoms in total. The molecule has 14 heavy (non-hydrogen) atoms. The van der Waals surface area contributed by atoms with Crippen molar-refractivity contribution in [1.29, 1.82) is 0 Å². The van der Waals surface area contributed by atoms with Gasteiger partial charge in [-0.05, 0) is 25.6 Å². The fraction of sp³-hybridized carbons (Fsp3) is 0.556. The molecule has 0 aliphatic carbocycles. The normalized spacial score (nSPS) is 10.4. The maximum Gasteiger partial charge on any atom is 0.254 e. The van der Waals surface area contributed by atoms with Crippen LogP contribution in [0.25, 0.3) is 0 Å². The van der Waals surface area contributed by atoms with E-state index in [-0.39, 0.29) is 5.56 Å². The Balaban J connectivity index is 3.05. The van der Waals surface area contributed by atoms with Gasteiger partial charge in [0, 0.05) is 18.4 Å². The van der Waals surface area contributed by atoms with Gasteiger partial charge in [-0.1, -0.05) is 6.92 Å². The molecule has 0 saturated heterocycles. The lowest BCUT2D eigenvalue weighted by atomic mass is 10.3. The minimum absolute atomic E-state index is 0.106. The first-order valence-electron chi connectivity index (χ1n) is 4.59. The lowest BCUT2D eigenvalue weighted by molar-refractivity contribution is 0.0854. The second kappa shape index (κ2) is 5.07. The van der Waals surface area contributed by atoms with E-state index in [0.29, 0.717) is 24.5 Å². The fourth-order valence-electron chi connectivity index (χ4n) is 1.09. The van der Waals surface area contributed by atoms with Crippen molar-refractivity contribution in [3.63, 3.8) is 0 Å². The fourth-order valence-corrected chi connectivity index (χ4v) is 1.29. The number of hydrogen-bond donors (Lipinski definition) is 1. The summed E-state index contributed by atoms with van der Waals surface area (Å²) in [6.45, 7) is 4.86. The van der Waals surface area contributed by atoms with Crippen LogP contribution in [-0.2, 0) is 17.9 Å². The number of aromatic amines is 1. The zero-order valence-electron chi connectivity index (χ0n) is 8.37. The van der Waals surface area contributed by atoms with E-state index < -0.39 is 0 Å². The largest absolute Gasteiger partial charge is 0.361 e. The molecule has 0 amide bonds. The molecule has 0 unspecified atom stereocenters. The van der Waals surface area contributed by atoms with E-state index in [2.05, 4.69) is 4.98 Å². The quantitative estimate of drug-likeness (QED) is 0.772. The van der Waals surface area contributed by atoms with Gasteiger partial charge in [-0.15, -0.1) is 0 Å². The Bertz CT molecular complexity index is 408. The Morgan fingerprint density at radius 1 is 1.57 bits per heavy atom. The second-order valence-electron chi connectivity index (χ2n) is 2.86. The molecular weight excluding hydrogens is 200 g/mol. The number of nitrogens with one attached hydrogen (secondary N) is 1. The van der Waals surface area contributed by atoms with Crippen LogP contribution in [0.3, 0.4) is 0 Å². The van der Waals surface area contributed by atoms with Gasteiger partial charge in [0.25, 0.3) is 5.56 Å². The van der Waals surface area contributed by atoms with Crippen molar-refractivity contribution in [2.45, 2.75) is 27.0 Å². The highest BCUT2D eigenvalue weighted by molar-refractivity contribution is 7.71. The third-order valence-corrected chi connectivity index (χ3v) is 2.24. The predicted molar refractivity (Wildman–Crippen MR) is 56.9 cm³/mol. The number of aryl methyl sites for hydroxylation is 1. The van der Waals surface area contributed by atoms with Crippen LogP contribution in [0.2, 0.25) is 0 Å². The van der Waals surface area contributed by atoms with Crippen molar-refractivity contribution in [3.8, 4) is 0 Å². The van der Waals surface area contributed by atoms with Crippen molar-refractivity contribution in [2.24, 2.45) is 0 Å². The molecule has 0 spiro atoms. The number of hydrogen-bond acceptors (Lipinski definition) is 3. The minimum Gasteiger partial charge on any atom is -0.361 e. The minimum atomic E-state index is -0.106. The third-order valence-electron chi connectivity index (χ3n) is 1.90. The molecule has 1 heterocycles. The molecule has 5 heteroatoms. The predicted octanol–water partition coefficient (Wildman–Crippen LogP) is 1.46. The number of H-pyrrole nitrogens is 1. The van der Waals surface area contributed by atoms with Crippen LogP contribution < -0.4 is 5.56 Å². The van der Waals surface area contributed by atoms with Crippen LogP contribution in [-0.4, -0.2) is 16.2 Å². The van der Waals surface area contributed by atoms with E-state index in [1.54, 1.807) is 10.8 Å². The molecule has 0 aromatic carbocycles. The molecular formula is C9H14N2O2S. The van der Waals surface area contributed by atoms with Gasteiger partial charge in [0.1, 0.15) is 6.73 Å². The van der Waals surface area contributed by atoms with Gasteiger partial charge in [0.05, 0.1) is 0 Å². The summed E-state index contributed by atoms with van der Waals surface area (Å²) in [7, 11) is 0. The summed E-state index contributed by atoms with van der Waals surface area (Å²) < 4.78 is 7.34. The Labute approximate surface area is 87.5 Å². The van der Waals surface area contributed by atoms with E-state index in [1.165, 1.54) is 0 Å². The van der Waals surface area contributed by atoms with Crippen LogP contribution in [0.5, 0.6) is 0 Å². The van der Waals surface area contributed by atoms with Crippen LogP contribution in [0, 0.1) is 4.77 Å². The van der Waals surface area contributed by atoms with Crippen LogP contribution in [0.1, 0.15) is 19.4 Å². The van der Waals surface area contributed by atoms with Crippen molar-refractivity contribution in [2.75, 3.05) is 6.61 Å². The van der Waals surface area contributed by atoms with Crippen molar-refractivity contribution >= 4 is 12.2 Å². The number of ether oxygens (including phenoxy) is 1. The van der Waals surface area contributed by atoms with E-state index >= 15 is 0 Å². The molecule has 1 aromatic rings. The topological polar surface area (TPSA) is 47.0 Å². The molecule has 0 atom stereocenters. The van der Waals surface area contributed by atoms with Gasteiger partial charge < -0.3 is 9.30 Å². The van der Waals surface area contributed by atoms with E-state index in [4.69, 9.17) is 17.0 Å². The lowest BCUT2D eigenvalue weighted by Crippen LogP contribution is -2.18. The summed E-state index contributed by atoms with van der Waals surface area (Å²) in [4.78, 5) is 13.9. The van der Waals surface area contributed by atoms with E-state index in [0.717, 1.165) is 5.56 Å². The SMILES string of the molecule is CCOCn1cc(CC)c(=O)[nH]c1=S. The number of aromatic nitrogens is 2. The standard InChI is InChI=1S/C9H14N2O2S/c1-3-7-5-11(6-13-4-2)9(14)10-8(7)12/h5H,3-4,6H2,1-2H3,(H,10,12,14). The van der Waals surface area contributed by atoms with E-state index in [1.807, 2.05) is 13.8 Å².